The lowest BCUT2D eigenvalue weighted by atomic mass is 9.95. The molecular weight excluding hydrogens is 272 g/mol. The molecule has 2 aromatic carbocycles. The van der Waals surface area contributed by atoms with Crippen LogP contribution in [0.3, 0.4) is 0 Å². The first-order valence-corrected chi connectivity index (χ1v) is 7.55. The zero-order valence-corrected chi connectivity index (χ0v) is 12.9. The van der Waals surface area contributed by atoms with Crippen molar-refractivity contribution in [2.75, 3.05) is 13.7 Å². The van der Waals surface area contributed by atoms with Crippen LogP contribution < -0.4 is 10.1 Å². The highest BCUT2D eigenvalue weighted by molar-refractivity contribution is 5.90. The van der Waals surface area contributed by atoms with Gasteiger partial charge in [-0.05, 0) is 29.1 Å². The predicted molar refractivity (Wildman–Crippen MR) is 90.3 cm³/mol. The third-order valence-corrected chi connectivity index (χ3v) is 3.83. The van der Waals surface area contributed by atoms with Gasteiger partial charge in [-0.25, -0.2) is 4.98 Å². The van der Waals surface area contributed by atoms with Crippen LogP contribution in [0.1, 0.15) is 24.1 Å². The highest BCUT2D eigenvalue weighted by atomic mass is 16.5. The normalized spacial score (nSPS) is 12.3. The van der Waals surface area contributed by atoms with Crippen molar-refractivity contribution in [1.29, 1.82) is 0 Å². The number of nitrogens with one attached hydrogen (secondary N) is 1. The molecule has 0 saturated carbocycles. The molecular formula is C19H20N2O. The summed E-state index contributed by atoms with van der Waals surface area (Å²) in [6.45, 7) is 3.01. The first-order valence-electron chi connectivity index (χ1n) is 7.55. The average Bonchev–Trinajstić information content (AvgIpc) is 2.60. The molecule has 112 valence electrons. The van der Waals surface area contributed by atoms with E-state index in [2.05, 4.69) is 59.7 Å². The number of aromatic nitrogens is 1. The molecule has 0 saturated heterocycles. The fraction of sp³-hybridized carbons (Fsp3) is 0.211. The third kappa shape index (κ3) is 2.68. The van der Waals surface area contributed by atoms with E-state index < -0.39 is 0 Å². The van der Waals surface area contributed by atoms with Crippen molar-refractivity contribution in [3.63, 3.8) is 0 Å². The fourth-order valence-corrected chi connectivity index (χ4v) is 2.84. The number of fused-ring (bicyclic) bond motifs is 1. The van der Waals surface area contributed by atoms with Gasteiger partial charge in [0.05, 0.1) is 13.2 Å². The molecule has 1 N–H and O–H groups in total. The van der Waals surface area contributed by atoms with Crippen LogP contribution >= 0.6 is 0 Å². The summed E-state index contributed by atoms with van der Waals surface area (Å²) >= 11 is 0. The van der Waals surface area contributed by atoms with Crippen LogP contribution in [0, 0.1) is 0 Å². The Balaban J connectivity index is 2.18. The molecule has 0 amide bonds. The van der Waals surface area contributed by atoms with Gasteiger partial charge in [-0.15, -0.1) is 0 Å². The largest absolute Gasteiger partial charge is 0.481 e. The second kappa shape index (κ2) is 6.58. The molecule has 3 aromatic rings. The molecule has 0 aliphatic rings. The highest BCUT2D eigenvalue weighted by Gasteiger charge is 2.17. The second-order valence-electron chi connectivity index (χ2n) is 5.17. The first kappa shape index (κ1) is 14.5. The van der Waals surface area contributed by atoms with E-state index in [1.807, 2.05) is 18.3 Å². The summed E-state index contributed by atoms with van der Waals surface area (Å²) in [5.74, 6) is 0.669. The monoisotopic (exact) mass is 292 g/mol. The molecule has 1 atom stereocenters. The lowest BCUT2D eigenvalue weighted by molar-refractivity contribution is 0.403. The minimum absolute atomic E-state index is 0.120. The van der Waals surface area contributed by atoms with Crippen LogP contribution in [0.4, 0.5) is 0 Å². The van der Waals surface area contributed by atoms with Crippen LogP contribution in [0.15, 0.2) is 60.8 Å². The van der Waals surface area contributed by atoms with Crippen molar-refractivity contribution in [3.8, 4) is 5.88 Å². The second-order valence-corrected chi connectivity index (χ2v) is 5.17. The molecule has 1 aromatic heterocycles. The Morgan fingerprint density at radius 1 is 1.00 bits per heavy atom. The van der Waals surface area contributed by atoms with Crippen molar-refractivity contribution < 1.29 is 4.74 Å². The van der Waals surface area contributed by atoms with E-state index in [9.17, 15) is 0 Å². The van der Waals surface area contributed by atoms with Crippen molar-refractivity contribution in [2.24, 2.45) is 0 Å². The van der Waals surface area contributed by atoms with E-state index in [0.29, 0.717) is 5.88 Å². The average molecular weight is 292 g/mol. The number of hydrogen-bond donors (Lipinski definition) is 1. The van der Waals surface area contributed by atoms with Crippen LogP contribution in [-0.4, -0.2) is 18.6 Å². The minimum atomic E-state index is 0.120. The first-order chi connectivity index (χ1) is 10.8. The van der Waals surface area contributed by atoms with Crippen LogP contribution in [0.5, 0.6) is 5.88 Å². The van der Waals surface area contributed by atoms with Crippen molar-refractivity contribution in [2.45, 2.75) is 13.0 Å². The molecule has 1 heterocycles. The Labute approximate surface area is 131 Å². The molecule has 3 heteroatoms. The van der Waals surface area contributed by atoms with Gasteiger partial charge in [0.15, 0.2) is 0 Å². The Kier molecular flexibility index (Phi) is 4.35. The van der Waals surface area contributed by atoms with Gasteiger partial charge in [0.1, 0.15) is 0 Å². The molecule has 0 aliphatic heterocycles. The smallest absolute Gasteiger partial charge is 0.221 e. The van der Waals surface area contributed by atoms with Gasteiger partial charge in [-0.1, -0.05) is 55.5 Å². The number of methoxy groups -OCH3 is 1. The highest BCUT2D eigenvalue weighted by Crippen LogP contribution is 2.32. The molecule has 0 fully saturated rings. The van der Waals surface area contributed by atoms with E-state index in [-0.39, 0.29) is 6.04 Å². The summed E-state index contributed by atoms with van der Waals surface area (Å²) in [4.78, 5) is 4.49. The van der Waals surface area contributed by atoms with Crippen LogP contribution in [-0.2, 0) is 0 Å². The van der Waals surface area contributed by atoms with Gasteiger partial charge in [0, 0.05) is 11.6 Å². The molecule has 3 rings (SSSR count). The molecule has 0 aliphatic carbocycles. The summed E-state index contributed by atoms with van der Waals surface area (Å²) in [7, 11) is 1.66. The van der Waals surface area contributed by atoms with Gasteiger partial charge in [-0.3, -0.25) is 0 Å². The van der Waals surface area contributed by atoms with Gasteiger partial charge in [0.25, 0.3) is 0 Å². The van der Waals surface area contributed by atoms with Gasteiger partial charge in [0.2, 0.25) is 5.88 Å². The number of nitrogens with zero attached hydrogens (tertiary/aromatic N) is 1. The molecule has 0 bridgehead atoms. The summed E-state index contributed by atoms with van der Waals surface area (Å²) < 4.78 is 5.40. The van der Waals surface area contributed by atoms with Crippen molar-refractivity contribution in [1.82, 2.24) is 10.3 Å². The van der Waals surface area contributed by atoms with Gasteiger partial charge >= 0.3 is 0 Å². The SMILES string of the molecule is CCNC(c1ccccc1)c1cnc(OC)c2ccccc12. The maximum atomic E-state index is 5.40. The maximum absolute atomic E-state index is 5.40. The Morgan fingerprint density at radius 3 is 2.36 bits per heavy atom. The number of ether oxygens (including phenoxy) is 1. The molecule has 22 heavy (non-hydrogen) atoms. The number of rotatable bonds is 5. The Morgan fingerprint density at radius 2 is 1.68 bits per heavy atom. The summed E-state index contributed by atoms with van der Waals surface area (Å²) in [6.07, 6.45) is 1.92. The third-order valence-electron chi connectivity index (χ3n) is 3.83. The summed E-state index contributed by atoms with van der Waals surface area (Å²) in [6, 6.07) is 18.8. The van der Waals surface area contributed by atoms with E-state index in [0.717, 1.165) is 11.9 Å². The van der Waals surface area contributed by atoms with Crippen LogP contribution in [0.25, 0.3) is 10.8 Å². The van der Waals surface area contributed by atoms with Crippen molar-refractivity contribution >= 4 is 10.8 Å². The van der Waals surface area contributed by atoms with Gasteiger partial charge in [-0.2, -0.15) is 0 Å². The van der Waals surface area contributed by atoms with Gasteiger partial charge < -0.3 is 10.1 Å². The van der Waals surface area contributed by atoms with E-state index in [1.165, 1.54) is 16.5 Å². The molecule has 3 nitrogen and oxygen atoms in total. The molecule has 0 radical (unpaired) electrons. The predicted octanol–water partition coefficient (Wildman–Crippen LogP) is 3.94. The Hall–Kier alpha value is -2.39. The summed E-state index contributed by atoms with van der Waals surface area (Å²) in [5.41, 5.74) is 2.41. The number of hydrogen-bond acceptors (Lipinski definition) is 3. The topological polar surface area (TPSA) is 34.2 Å². The quantitative estimate of drug-likeness (QED) is 0.773. The fourth-order valence-electron chi connectivity index (χ4n) is 2.84. The lowest BCUT2D eigenvalue weighted by Crippen LogP contribution is -2.22. The maximum Gasteiger partial charge on any atom is 0.221 e. The zero-order chi connectivity index (χ0) is 15.4. The number of pyridine rings is 1. The lowest BCUT2D eigenvalue weighted by Gasteiger charge is -2.21. The Bertz CT molecular complexity index is 756. The minimum Gasteiger partial charge on any atom is -0.481 e. The summed E-state index contributed by atoms with van der Waals surface area (Å²) in [5, 5.41) is 5.78. The standard InChI is InChI=1S/C19H20N2O/c1-3-20-18(14-9-5-4-6-10-14)17-13-21-19(22-2)16-12-8-7-11-15(16)17/h4-13,18,20H,3H2,1-2H3. The van der Waals surface area contributed by atoms with Crippen LogP contribution in [0.2, 0.25) is 0 Å². The zero-order valence-electron chi connectivity index (χ0n) is 12.9. The van der Waals surface area contributed by atoms with Crippen molar-refractivity contribution in [3.05, 3.63) is 71.9 Å². The van der Waals surface area contributed by atoms with E-state index in [1.54, 1.807) is 7.11 Å². The van der Waals surface area contributed by atoms with E-state index >= 15 is 0 Å². The molecule has 0 spiro atoms. The number of benzene rings is 2. The molecule has 1 unspecified atom stereocenters. The van der Waals surface area contributed by atoms with E-state index in [4.69, 9.17) is 4.74 Å².